The Hall–Kier alpha value is -3.30. The summed E-state index contributed by atoms with van der Waals surface area (Å²) in [4.78, 5) is 12.7. The van der Waals surface area contributed by atoms with E-state index in [-0.39, 0.29) is 11.0 Å². The van der Waals surface area contributed by atoms with Crippen LogP contribution in [-0.2, 0) is 14.8 Å². The summed E-state index contributed by atoms with van der Waals surface area (Å²) < 4.78 is 33.3. The molecular weight excluding hydrogens is 458 g/mol. The summed E-state index contributed by atoms with van der Waals surface area (Å²) in [6, 6.07) is 23.9. The highest BCUT2D eigenvalue weighted by Gasteiger charge is 2.26. The molecule has 7 nitrogen and oxygen atoms in total. The first-order valence-electron chi connectivity index (χ1n) is 10.3. The maximum absolute atomic E-state index is 13.2. The number of amides is 1. The molecule has 1 aliphatic rings. The molecule has 1 N–H and O–H groups in total. The molecule has 1 aliphatic heterocycles. The van der Waals surface area contributed by atoms with E-state index in [0.29, 0.717) is 5.69 Å². The zero-order chi connectivity index (χ0) is 23.1. The predicted molar refractivity (Wildman–Crippen MR) is 131 cm³/mol. The molecule has 170 valence electrons. The molecule has 1 saturated heterocycles. The SMILES string of the molecule is O=C(CN(c1ccccc1)S(=O)(=O)c1ccccc1)N/N=C\c1ccc(OC2CSC2)cc1. The molecule has 1 amide bonds. The van der Waals surface area contributed by atoms with Crippen LogP contribution in [0.4, 0.5) is 5.69 Å². The molecule has 0 aromatic heterocycles. The second-order valence-corrected chi connectivity index (χ2v) is 10.2. The summed E-state index contributed by atoms with van der Waals surface area (Å²) in [5.74, 6) is 2.26. The minimum Gasteiger partial charge on any atom is -0.489 e. The summed E-state index contributed by atoms with van der Waals surface area (Å²) in [5, 5.41) is 3.97. The van der Waals surface area contributed by atoms with E-state index < -0.39 is 22.5 Å². The average molecular weight is 482 g/mol. The lowest BCUT2D eigenvalue weighted by Gasteiger charge is -2.25. The van der Waals surface area contributed by atoms with Crippen molar-refractivity contribution in [3.8, 4) is 5.75 Å². The lowest BCUT2D eigenvalue weighted by molar-refractivity contribution is -0.119. The minimum absolute atomic E-state index is 0.105. The van der Waals surface area contributed by atoms with Crippen LogP contribution in [0.15, 0.2) is 94.9 Å². The number of hydrogen-bond acceptors (Lipinski definition) is 6. The van der Waals surface area contributed by atoms with Crippen LogP contribution in [0, 0.1) is 0 Å². The molecule has 33 heavy (non-hydrogen) atoms. The fraction of sp³-hybridized carbons (Fsp3) is 0.167. The largest absolute Gasteiger partial charge is 0.489 e. The Bertz CT molecular complexity index is 1200. The lowest BCUT2D eigenvalue weighted by atomic mass is 10.2. The van der Waals surface area contributed by atoms with E-state index in [9.17, 15) is 13.2 Å². The molecule has 0 saturated carbocycles. The van der Waals surface area contributed by atoms with Gasteiger partial charge in [0.15, 0.2) is 0 Å². The summed E-state index contributed by atoms with van der Waals surface area (Å²) in [6.07, 6.45) is 1.77. The van der Waals surface area contributed by atoms with E-state index in [1.807, 2.05) is 36.0 Å². The smallest absolute Gasteiger partial charge is 0.264 e. The molecule has 3 aromatic carbocycles. The maximum atomic E-state index is 13.2. The summed E-state index contributed by atoms with van der Waals surface area (Å²) in [7, 11) is -3.93. The van der Waals surface area contributed by atoms with Crippen molar-refractivity contribution in [3.63, 3.8) is 0 Å². The highest BCUT2D eigenvalue weighted by molar-refractivity contribution is 8.00. The first-order valence-corrected chi connectivity index (χ1v) is 12.9. The van der Waals surface area contributed by atoms with Crippen molar-refractivity contribution >= 4 is 39.6 Å². The van der Waals surface area contributed by atoms with Crippen molar-refractivity contribution < 1.29 is 17.9 Å². The number of hydrazone groups is 1. The molecule has 0 unspecified atom stereocenters. The second-order valence-electron chi connectivity index (χ2n) is 7.30. The molecule has 0 radical (unpaired) electrons. The first kappa shape index (κ1) is 22.9. The number of nitrogens with zero attached hydrogens (tertiary/aromatic N) is 2. The third kappa shape index (κ3) is 5.94. The van der Waals surface area contributed by atoms with Gasteiger partial charge in [0, 0.05) is 11.5 Å². The van der Waals surface area contributed by atoms with Crippen molar-refractivity contribution in [1.29, 1.82) is 0 Å². The van der Waals surface area contributed by atoms with Gasteiger partial charge >= 0.3 is 0 Å². The average Bonchev–Trinajstić information content (AvgIpc) is 2.82. The molecular formula is C24H23N3O4S2. The van der Waals surface area contributed by atoms with Crippen LogP contribution < -0.4 is 14.5 Å². The van der Waals surface area contributed by atoms with Gasteiger partial charge in [-0.3, -0.25) is 9.10 Å². The molecule has 9 heteroatoms. The van der Waals surface area contributed by atoms with Crippen molar-refractivity contribution in [3.05, 3.63) is 90.5 Å². The molecule has 0 spiro atoms. The Balaban J connectivity index is 1.42. The third-order valence-electron chi connectivity index (χ3n) is 4.86. The molecule has 0 aliphatic carbocycles. The predicted octanol–water partition coefficient (Wildman–Crippen LogP) is 3.53. The topological polar surface area (TPSA) is 88.1 Å². The van der Waals surface area contributed by atoms with Gasteiger partial charge in [-0.05, 0) is 54.1 Å². The van der Waals surface area contributed by atoms with Gasteiger partial charge in [-0.15, -0.1) is 0 Å². The van der Waals surface area contributed by atoms with Gasteiger partial charge in [0.1, 0.15) is 18.4 Å². The zero-order valence-electron chi connectivity index (χ0n) is 17.7. The number of thioether (sulfide) groups is 1. The minimum atomic E-state index is -3.93. The number of benzene rings is 3. The fourth-order valence-corrected chi connectivity index (χ4v) is 5.09. The van der Waals surface area contributed by atoms with Gasteiger partial charge in [-0.25, -0.2) is 13.8 Å². The lowest BCUT2D eigenvalue weighted by Crippen LogP contribution is -2.39. The Labute approximate surface area is 197 Å². The number of ether oxygens (including phenoxy) is 1. The van der Waals surface area contributed by atoms with E-state index in [0.717, 1.165) is 27.1 Å². The summed E-state index contributed by atoms with van der Waals surface area (Å²) in [5.41, 5.74) is 3.58. The van der Waals surface area contributed by atoms with Crippen LogP contribution in [0.1, 0.15) is 5.56 Å². The van der Waals surface area contributed by atoms with E-state index in [4.69, 9.17) is 4.74 Å². The van der Waals surface area contributed by atoms with Crippen LogP contribution in [0.25, 0.3) is 0 Å². The van der Waals surface area contributed by atoms with Crippen LogP contribution in [0.3, 0.4) is 0 Å². The summed E-state index contributed by atoms with van der Waals surface area (Å²) in [6.45, 7) is -0.412. The molecule has 3 aromatic rings. The Morgan fingerprint density at radius 3 is 2.24 bits per heavy atom. The zero-order valence-corrected chi connectivity index (χ0v) is 19.3. The normalized spacial score (nSPS) is 13.9. The summed E-state index contributed by atoms with van der Waals surface area (Å²) >= 11 is 1.86. The van der Waals surface area contributed by atoms with E-state index in [1.54, 1.807) is 48.5 Å². The van der Waals surface area contributed by atoms with Crippen molar-refractivity contribution in [1.82, 2.24) is 5.43 Å². The Morgan fingerprint density at radius 2 is 1.64 bits per heavy atom. The van der Waals surface area contributed by atoms with E-state index >= 15 is 0 Å². The van der Waals surface area contributed by atoms with Crippen LogP contribution in [-0.4, -0.2) is 44.7 Å². The number of anilines is 1. The van der Waals surface area contributed by atoms with E-state index in [2.05, 4.69) is 10.5 Å². The highest BCUT2D eigenvalue weighted by Crippen LogP contribution is 2.24. The second kappa shape index (κ2) is 10.5. The van der Waals surface area contributed by atoms with Crippen LogP contribution in [0.5, 0.6) is 5.75 Å². The van der Waals surface area contributed by atoms with Crippen LogP contribution in [0.2, 0.25) is 0 Å². The monoisotopic (exact) mass is 481 g/mol. The van der Waals surface area contributed by atoms with Gasteiger partial charge in [0.2, 0.25) is 0 Å². The van der Waals surface area contributed by atoms with Gasteiger partial charge in [-0.1, -0.05) is 36.4 Å². The molecule has 0 bridgehead atoms. The Morgan fingerprint density at radius 1 is 1.00 bits per heavy atom. The Kier molecular flexibility index (Phi) is 7.31. The van der Waals surface area contributed by atoms with Crippen LogP contribution >= 0.6 is 11.8 Å². The number of nitrogens with one attached hydrogen (secondary N) is 1. The van der Waals surface area contributed by atoms with Gasteiger partial charge in [0.05, 0.1) is 16.8 Å². The maximum Gasteiger partial charge on any atom is 0.264 e. The fourth-order valence-electron chi connectivity index (χ4n) is 3.08. The highest BCUT2D eigenvalue weighted by atomic mass is 32.2. The first-order chi connectivity index (χ1) is 16.0. The standard InChI is InChI=1S/C24H23N3O4S2/c28-24(26-25-15-19-11-13-21(14-12-19)31-22-17-32-18-22)16-27(20-7-3-1-4-8-20)33(29,30)23-9-5-2-6-10-23/h1-15,22H,16-18H2,(H,26,28)/b25-15-. The number of carbonyl (C=O) groups is 1. The number of hydrogen-bond donors (Lipinski definition) is 1. The molecule has 0 atom stereocenters. The molecule has 1 fully saturated rings. The molecule has 1 heterocycles. The van der Waals surface area contributed by atoms with Gasteiger partial charge in [0.25, 0.3) is 15.9 Å². The molecule has 4 rings (SSSR count). The quantitative estimate of drug-likeness (QED) is 0.373. The third-order valence-corrected chi connectivity index (χ3v) is 7.86. The number of carbonyl (C=O) groups excluding carboxylic acids is 1. The van der Waals surface area contributed by atoms with Gasteiger partial charge < -0.3 is 4.74 Å². The number of sulfonamides is 1. The van der Waals surface area contributed by atoms with E-state index in [1.165, 1.54) is 18.3 Å². The number of para-hydroxylation sites is 1. The van der Waals surface area contributed by atoms with Gasteiger partial charge in [-0.2, -0.15) is 16.9 Å². The van der Waals surface area contributed by atoms with Crippen molar-refractivity contribution in [2.45, 2.75) is 11.0 Å². The van der Waals surface area contributed by atoms with Crippen molar-refractivity contribution in [2.24, 2.45) is 5.10 Å². The van der Waals surface area contributed by atoms with Crippen molar-refractivity contribution in [2.75, 3.05) is 22.4 Å². The number of rotatable bonds is 9.